The molecule has 33 heavy (non-hydrogen) atoms. The van der Waals surface area contributed by atoms with Gasteiger partial charge in [0, 0.05) is 29.2 Å². The van der Waals surface area contributed by atoms with Gasteiger partial charge in [0.25, 0.3) is 0 Å². The maximum absolute atomic E-state index is 13.6. The first-order valence-electron chi connectivity index (χ1n) is 11.0. The Labute approximate surface area is 199 Å². The summed E-state index contributed by atoms with van der Waals surface area (Å²) < 4.78 is 46.3. The number of nitrogens with one attached hydrogen (secondary N) is 2. The Morgan fingerprint density at radius 1 is 1.06 bits per heavy atom. The highest BCUT2D eigenvalue weighted by atomic mass is 32.1. The van der Waals surface area contributed by atoms with Gasteiger partial charge in [-0.25, -0.2) is 0 Å². The molecule has 1 saturated heterocycles. The van der Waals surface area contributed by atoms with E-state index in [2.05, 4.69) is 38.3 Å². The Bertz CT molecular complexity index is 975. The number of nitrogens with zero attached hydrogens (tertiary/aromatic N) is 1. The molecule has 1 fully saturated rings. The molecule has 8 heteroatoms. The summed E-state index contributed by atoms with van der Waals surface area (Å²) in [5.41, 5.74) is -0.194. The molecule has 0 saturated carbocycles. The molecule has 0 amide bonds. The molecule has 1 aliphatic rings. The lowest BCUT2D eigenvalue weighted by molar-refractivity contribution is -0.136. The predicted octanol–water partition coefficient (Wildman–Crippen LogP) is 6.22. The number of benzene rings is 2. The Morgan fingerprint density at radius 3 is 2.24 bits per heavy atom. The molecule has 2 aromatic rings. The molecule has 3 rings (SSSR count). The zero-order chi connectivity index (χ0) is 24.4. The highest BCUT2D eigenvalue weighted by Crippen LogP contribution is 2.36. The highest BCUT2D eigenvalue weighted by Gasteiger charge is 2.41. The van der Waals surface area contributed by atoms with E-state index in [0.717, 1.165) is 24.5 Å². The van der Waals surface area contributed by atoms with E-state index in [4.69, 9.17) is 17.0 Å². The number of methoxy groups -OCH3 is 1. The predicted molar refractivity (Wildman–Crippen MR) is 131 cm³/mol. The maximum Gasteiger partial charge on any atom is 0.418 e. The lowest BCUT2D eigenvalue weighted by Gasteiger charge is -2.50. The van der Waals surface area contributed by atoms with E-state index in [9.17, 15) is 13.2 Å². The third-order valence-electron chi connectivity index (χ3n) is 5.88. The van der Waals surface area contributed by atoms with Crippen molar-refractivity contribution in [3.8, 4) is 5.75 Å². The van der Waals surface area contributed by atoms with E-state index in [1.54, 1.807) is 13.2 Å². The summed E-state index contributed by atoms with van der Waals surface area (Å²) in [6.07, 6.45) is -2.91. The molecular weight excluding hydrogens is 447 g/mol. The van der Waals surface area contributed by atoms with Gasteiger partial charge in [0.1, 0.15) is 5.75 Å². The number of thiocarbonyl (C=S) groups is 1. The highest BCUT2D eigenvalue weighted by molar-refractivity contribution is 7.80. The molecule has 0 aromatic heterocycles. The smallest absolute Gasteiger partial charge is 0.418 e. The molecule has 0 bridgehead atoms. The Balaban J connectivity index is 1.98. The van der Waals surface area contributed by atoms with Gasteiger partial charge in [-0.1, -0.05) is 30.3 Å². The van der Waals surface area contributed by atoms with E-state index < -0.39 is 11.7 Å². The largest absolute Gasteiger partial charge is 0.496 e. The number of hydrogen-bond donors (Lipinski definition) is 2. The fourth-order valence-electron chi connectivity index (χ4n) is 4.90. The summed E-state index contributed by atoms with van der Waals surface area (Å²) >= 11 is 5.74. The fourth-order valence-corrected chi connectivity index (χ4v) is 5.22. The minimum absolute atomic E-state index is 0.0132. The van der Waals surface area contributed by atoms with Crippen molar-refractivity contribution in [2.75, 3.05) is 12.4 Å². The maximum atomic E-state index is 13.6. The van der Waals surface area contributed by atoms with Crippen LogP contribution in [0.4, 0.5) is 18.9 Å². The summed E-state index contributed by atoms with van der Waals surface area (Å²) in [7, 11) is 1.61. The number of rotatable bonds is 5. The van der Waals surface area contributed by atoms with Crippen molar-refractivity contribution in [1.29, 1.82) is 0 Å². The number of piperidine rings is 1. The zero-order valence-corrected chi connectivity index (χ0v) is 20.5. The molecule has 0 unspecified atom stereocenters. The number of halogens is 3. The van der Waals surface area contributed by atoms with E-state index in [1.807, 2.05) is 29.2 Å². The van der Waals surface area contributed by atoms with Crippen molar-refractivity contribution in [3.63, 3.8) is 0 Å². The van der Waals surface area contributed by atoms with Crippen molar-refractivity contribution in [2.45, 2.75) is 70.4 Å². The zero-order valence-electron chi connectivity index (χ0n) is 19.7. The molecular formula is C25H32F3N3OS. The van der Waals surface area contributed by atoms with E-state index in [0.29, 0.717) is 12.3 Å². The molecule has 2 aromatic carbocycles. The first-order chi connectivity index (χ1) is 15.3. The van der Waals surface area contributed by atoms with Gasteiger partial charge in [-0.2, -0.15) is 13.2 Å². The van der Waals surface area contributed by atoms with E-state index >= 15 is 0 Å². The van der Waals surface area contributed by atoms with Crippen molar-refractivity contribution in [2.24, 2.45) is 0 Å². The monoisotopic (exact) mass is 479 g/mol. The minimum Gasteiger partial charge on any atom is -0.496 e. The van der Waals surface area contributed by atoms with Gasteiger partial charge in [-0.15, -0.1) is 0 Å². The molecule has 2 N–H and O–H groups in total. The summed E-state index contributed by atoms with van der Waals surface area (Å²) in [6, 6.07) is 13.1. The lowest BCUT2D eigenvalue weighted by Crippen LogP contribution is -2.63. The van der Waals surface area contributed by atoms with Crippen LogP contribution in [-0.4, -0.2) is 34.2 Å². The normalized spacial score (nSPS) is 17.9. The molecule has 1 aliphatic heterocycles. The van der Waals surface area contributed by atoms with Gasteiger partial charge in [-0.05, 0) is 71.0 Å². The topological polar surface area (TPSA) is 36.5 Å². The third kappa shape index (κ3) is 6.38. The third-order valence-corrected chi connectivity index (χ3v) is 6.21. The minimum atomic E-state index is -4.48. The standard InChI is InChI=1S/C25H32F3N3OS/c1-23(2)14-18(15-24(3,4)30-23)31(16-17-10-6-9-13-21(17)32-5)22(33)29-20-12-8-7-11-19(20)25(26,27)28/h6-13,18,30H,14-16H2,1-5H3,(H,29,33). The fraction of sp³-hybridized carbons (Fsp3) is 0.480. The first-order valence-corrected chi connectivity index (χ1v) is 11.4. The first kappa shape index (κ1) is 25.3. The second-order valence-electron chi connectivity index (χ2n) is 9.87. The van der Waals surface area contributed by atoms with E-state index in [-0.39, 0.29) is 27.9 Å². The van der Waals surface area contributed by atoms with E-state index in [1.165, 1.54) is 12.1 Å². The quantitative estimate of drug-likeness (QED) is 0.498. The second-order valence-corrected chi connectivity index (χ2v) is 10.3. The number of anilines is 1. The Hall–Kier alpha value is -2.32. The Morgan fingerprint density at radius 2 is 1.64 bits per heavy atom. The summed E-state index contributed by atoms with van der Waals surface area (Å²) in [5.74, 6) is 0.716. The van der Waals surface area contributed by atoms with Crippen LogP contribution in [0.3, 0.4) is 0 Å². The number of hydrogen-bond acceptors (Lipinski definition) is 3. The van der Waals surface area contributed by atoms with Gasteiger partial charge in [0.05, 0.1) is 18.4 Å². The van der Waals surface area contributed by atoms with Gasteiger partial charge in [0.15, 0.2) is 5.11 Å². The Kier molecular flexibility index (Phi) is 7.29. The van der Waals surface area contributed by atoms with Crippen molar-refractivity contribution >= 4 is 23.0 Å². The van der Waals surface area contributed by atoms with Crippen molar-refractivity contribution < 1.29 is 17.9 Å². The second kappa shape index (κ2) is 9.50. The molecule has 0 atom stereocenters. The average molecular weight is 480 g/mol. The molecule has 1 heterocycles. The van der Waals surface area contributed by atoms with Crippen molar-refractivity contribution in [3.05, 3.63) is 59.7 Å². The molecule has 0 aliphatic carbocycles. The number of para-hydroxylation sites is 2. The molecule has 0 spiro atoms. The summed E-state index contributed by atoms with van der Waals surface area (Å²) in [5, 5.41) is 6.82. The van der Waals surface area contributed by atoms with Crippen LogP contribution in [0.15, 0.2) is 48.5 Å². The number of ether oxygens (including phenoxy) is 1. The van der Waals surface area contributed by atoms with Gasteiger partial charge < -0.3 is 20.3 Å². The van der Waals surface area contributed by atoms with Crippen molar-refractivity contribution in [1.82, 2.24) is 10.2 Å². The van der Waals surface area contributed by atoms with Crippen LogP contribution in [0.5, 0.6) is 5.75 Å². The van der Waals surface area contributed by atoms with Crippen LogP contribution in [0.2, 0.25) is 0 Å². The van der Waals surface area contributed by atoms with Crippen LogP contribution in [0.1, 0.15) is 51.7 Å². The van der Waals surface area contributed by atoms with Gasteiger partial charge in [0.2, 0.25) is 0 Å². The summed E-state index contributed by atoms with van der Waals surface area (Å²) in [4.78, 5) is 2.00. The lowest BCUT2D eigenvalue weighted by atomic mass is 9.79. The molecule has 4 nitrogen and oxygen atoms in total. The van der Waals surface area contributed by atoms with Crippen LogP contribution in [-0.2, 0) is 12.7 Å². The average Bonchev–Trinajstić information content (AvgIpc) is 2.69. The molecule has 0 radical (unpaired) electrons. The SMILES string of the molecule is COc1ccccc1CN(C(=S)Nc1ccccc1C(F)(F)F)C1CC(C)(C)NC(C)(C)C1. The van der Waals surface area contributed by atoms with Crippen LogP contribution >= 0.6 is 12.2 Å². The van der Waals surface area contributed by atoms with Crippen LogP contribution in [0, 0.1) is 0 Å². The van der Waals surface area contributed by atoms with Crippen LogP contribution < -0.4 is 15.4 Å². The summed E-state index contributed by atoms with van der Waals surface area (Å²) in [6.45, 7) is 8.96. The molecule has 180 valence electrons. The number of alkyl halides is 3. The van der Waals surface area contributed by atoms with Crippen LogP contribution in [0.25, 0.3) is 0 Å². The van der Waals surface area contributed by atoms with Gasteiger partial charge >= 0.3 is 6.18 Å². The van der Waals surface area contributed by atoms with Gasteiger partial charge in [-0.3, -0.25) is 0 Å².